The number of carbonyl (C=O) groups excluding carboxylic acids is 1. The van der Waals surface area contributed by atoms with Crippen LogP contribution >= 0.6 is 0 Å². The third kappa shape index (κ3) is 2.47. The second-order valence-corrected chi connectivity index (χ2v) is 3.78. The average molecular weight is 231 g/mol. The molecule has 0 radical (unpaired) electrons. The Kier molecular flexibility index (Phi) is 3.13. The molecular formula is C11H13N5O. The minimum Gasteiger partial charge on any atom is -0.345 e. The Labute approximate surface area is 98.4 Å². The second-order valence-electron chi connectivity index (χ2n) is 3.78. The summed E-state index contributed by atoms with van der Waals surface area (Å²) in [7, 11) is 0. The van der Waals surface area contributed by atoms with Gasteiger partial charge in [0.25, 0.3) is 5.91 Å². The number of tetrazole rings is 1. The standard InChI is InChI=1S/C11H13N5O/c1-7-4-3-5-8(2)10(7)11(17)12-6-9-13-15-16-14-9/h3-5H,6H2,1-2H3,(H,12,17)(H,13,14,15,16). The zero-order valence-corrected chi connectivity index (χ0v) is 9.69. The molecule has 0 bridgehead atoms. The van der Waals surface area contributed by atoms with Crippen molar-refractivity contribution in [1.82, 2.24) is 25.9 Å². The Morgan fingerprint density at radius 3 is 2.65 bits per heavy atom. The van der Waals surface area contributed by atoms with Crippen LogP contribution in [0.3, 0.4) is 0 Å². The number of aromatic amines is 1. The van der Waals surface area contributed by atoms with E-state index >= 15 is 0 Å². The van der Waals surface area contributed by atoms with Crippen molar-refractivity contribution in [1.29, 1.82) is 0 Å². The van der Waals surface area contributed by atoms with E-state index in [1.165, 1.54) is 0 Å². The molecule has 17 heavy (non-hydrogen) atoms. The van der Waals surface area contributed by atoms with Crippen molar-refractivity contribution in [3.8, 4) is 0 Å². The van der Waals surface area contributed by atoms with Gasteiger partial charge >= 0.3 is 0 Å². The molecule has 1 aromatic carbocycles. The number of H-pyrrole nitrogens is 1. The minimum absolute atomic E-state index is 0.120. The Hall–Kier alpha value is -2.24. The van der Waals surface area contributed by atoms with E-state index in [0.29, 0.717) is 11.4 Å². The predicted molar refractivity (Wildman–Crippen MR) is 61.3 cm³/mol. The van der Waals surface area contributed by atoms with Crippen molar-refractivity contribution in [2.24, 2.45) is 0 Å². The number of rotatable bonds is 3. The highest BCUT2D eigenvalue weighted by molar-refractivity contribution is 5.96. The van der Waals surface area contributed by atoms with Gasteiger partial charge in [0.2, 0.25) is 0 Å². The van der Waals surface area contributed by atoms with Gasteiger partial charge in [-0.2, -0.15) is 5.21 Å². The van der Waals surface area contributed by atoms with Crippen LogP contribution in [0.15, 0.2) is 18.2 Å². The maximum absolute atomic E-state index is 12.0. The van der Waals surface area contributed by atoms with Gasteiger partial charge < -0.3 is 5.32 Å². The number of aryl methyl sites for hydroxylation is 2. The van der Waals surface area contributed by atoms with Crippen LogP contribution in [0.25, 0.3) is 0 Å². The summed E-state index contributed by atoms with van der Waals surface area (Å²) in [6, 6.07) is 5.76. The number of hydrogen-bond acceptors (Lipinski definition) is 4. The lowest BCUT2D eigenvalue weighted by molar-refractivity contribution is 0.0948. The van der Waals surface area contributed by atoms with Crippen LogP contribution in [-0.2, 0) is 6.54 Å². The van der Waals surface area contributed by atoms with Gasteiger partial charge in [0.05, 0.1) is 6.54 Å². The Bertz CT molecular complexity index is 500. The van der Waals surface area contributed by atoms with Gasteiger partial charge in [-0.25, -0.2) is 0 Å². The molecule has 1 aromatic heterocycles. The number of carbonyl (C=O) groups is 1. The number of nitrogens with zero attached hydrogens (tertiary/aromatic N) is 3. The largest absolute Gasteiger partial charge is 0.345 e. The first-order chi connectivity index (χ1) is 8.18. The van der Waals surface area contributed by atoms with E-state index in [4.69, 9.17) is 0 Å². The normalized spacial score (nSPS) is 10.2. The van der Waals surface area contributed by atoms with Crippen molar-refractivity contribution < 1.29 is 4.79 Å². The molecule has 0 saturated heterocycles. The van der Waals surface area contributed by atoms with E-state index in [0.717, 1.165) is 11.1 Å². The Morgan fingerprint density at radius 2 is 2.06 bits per heavy atom. The van der Waals surface area contributed by atoms with Crippen molar-refractivity contribution in [2.45, 2.75) is 20.4 Å². The first-order valence-corrected chi connectivity index (χ1v) is 5.25. The summed E-state index contributed by atoms with van der Waals surface area (Å²) in [6.45, 7) is 4.09. The summed E-state index contributed by atoms with van der Waals surface area (Å²) < 4.78 is 0. The molecule has 6 nitrogen and oxygen atoms in total. The number of nitrogens with one attached hydrogen (secondary N) is 2. The lowest BCUT2D eigenvalue weighted by Crippen LogP contribution is -2.25. The molecule has 0 spiro atoms. The maximum atomic E-state index is 12.0. The molecule has 88 valence electrons. The van der Waals surface area contributed by atoms with Gasteiger partial charge in [-0.05, 0) is 25.0 Å². The lowest BCUT2D eigenvalue weighted by Gasteiger charge is -2.08. The van der Waals surface area contributed by atoms with E-state index in [2.05, 4.69) is 25.9 Å². The van der Waals surface area contributed by atoms with Crippen molar-refractivity contribution in [2.75, 3.05) is 0 Å². The molecule has 0 saturated carbocycles. The fourth-order valence-electron chi connectivity index (χ4n) is 1.68. The van der Waals surface area contributed by atoms with Gasteiger partial charge in [0.1, 0.15) is 0 Å². The number of benzene rings is 1. The van der Waals surface area contributed by atoms with Crippen LogP contribution in [0, 0.1) is 13.8 Å². The smallest absolute Gasteiger partial charge is 0.252 e. The molecule has 0 aliphatic carbocycles. The Balaban J connectivity index is 2.10. The van der Waals surface area contributed by atoms with Crippen LogP contribution in [0.5, 0.6) is 0 Å². The predicted octanol–water partition coefficient (Wildman–Crippen LogP) is 0.747. The Morgan fingerprint density at radius 1 is 1.35 bits per heavy atom. The highest BCUT2D eigenvalue weighted by atomic mass is 16.1. The van der Waals surface area contributed by atoms with Crippen LogP contribution in [0.1, 0.15) is 27.3 Å². The minimum atomic E-state index is -0.120. The number of aromatic nitrogens is 4. The molecule has 0 atom stereocenters. The summed E-state index contributed by atoms with van der Waals surface area (Å²) in [5, 5.41) is 16.0. The highest BCUT2D eigenvalue weighted by Crippen LogP contribution is 2.12. The zero-order chi connectivity index (χ0) is 12.3. The topological polar surface area (TPSA) is 83.6 Å². The second kappa shape index (κ2) is 4.73. The van der Waals surface area contributed by atoms with E-state index in [1.54, 1.807) is 0 Å². The molecule has 2 N–H and O–H groups in total. The first-order valence-electron chi connectivity index (χ1n) is 5.25. The van der Waals surface area contributed by atoms with Gasteiger partial charge in [0, 0.05) is 5.56 Å². The number of amides is 1. The molecule has 2 rings (SSSR count). The monoisotopic (exact) mass is 231 g/mol. The first kappa shape index (κ1) is 11.3. The molecule has 2 aromatic rings. The maximum Gasteiger partial charge on any atom is 0.252 e. The fraction of sp³-hybridized carbons (Fsp3) is 0.273. The SMILES string of the molecule is Cc1cccc(C)c1C(=O)NCc1nn[nH]n1. The average Bonchev–Trinajstić information content (AvgIpc) is 2.79. The van der Waals surface area contributed by atoms with Crippen LogP contribution in [0.4, 0.5) is 0 Å². The summed E-state index contributed by atoms with van der Waals surface area (Å²) in [5.74, 6) is 0.343. The van der Waals surface area contributed by atoms with Crippen LogP contribution in [-0.4, -0.2) is 26.5 Å². The molecule has 0 fully saturated rings. The molecule has 0 unspecified atom stereocenters. The van der Waals surface area contributed by atoms with Crippen molar-refractivity contribution in [3.63, 3.8) is 0 Å². The molecular weight excluding hydrogens is 218 g/mol. The van der Waals surface area contributed by atoms with Crippen molar-refractivity contribution >= 4 is 5.91 Å². The van der Waals surface area contributed by atoms with E-state index in [9.17, 15) is 4.79 Å². The third-order valence-corrected chi connectivity index (χ3v) is 2.50. The summed E-state index contributed by atoms with van der Waals surface area (Å²) in [4.78, 5) is 12.0. The summed E-state index contributed by atoms with van der Waals surface area (Å²) >= 11 is 0. The van der Waals surface area contributed by atoms with E-state index in [1.807, 2.05) is 32.0 Å². The molecule has 1 amide bonds. The lowest BCUT2D eigenvalue weighted by atomic mass is 10.0. The quantitative estimate of drug-likeness (QED) is 0.816. The summed E-state index contributed by atoms with van der Waals surface area (Å²) in [5.41, 5.74) is 2.61. The third-order valence-electron chi connectivity index (χ3n) is 2.50. The zero-order valence-electron chi connectivity index (χ0n) is 9.69. The molecule has 6 heteroatoms. The van der Waals surface area contributed by atoms with E-state index < -0.39 is 0 Å². The van der Waals surface area contributed by atoms with Gasteiger partial charge in [-0.15, -0.1) is 10.2 Å². The number of hydrogen-bond donors (Lipinski definition) is 2. The van der Waals surface area contributed by atoms with Gasteiger partial charge in [-0.1, -0.05) is 23.4 Å². The van der Waals surface area contributed by atoms with Crippen LogP contribution in [0.2, 0.25) is 0 Å². The fourth-order valence-corrected chi connectivity index (χ4v) is 1.68. The van der Waals surface area contributed by atoms with Crippen molar-refractivity contribution in [3.05, 3.63) is 40.7 Å². The summed E-state index contributed by atoms with van der Waals surface area (Å²) in [6.07, 6.45) is 0. The van der Waals surface area contributed by atoms with Gasteiger partial charge in [-0.3, -0.25) is 4.79 Å². The van der Waals surface area contributed by atoms with E-state index in [-0.39, 0.29) is 12.5 Å². The molecule has 0 aliphatic rings. The van der Waals surface area contributed by atoms with Gasteiger partial charge in [0.15, 0.2) is 5.82 Å². The molecule has 0 aliphatic heterocycles. The van der Waals surface area contributed by atoms with Crippen LogP contribution < -0.4 is 5.32 Å². The molecule has 1 heterocycles. The highest BCUT2D eigenvalue weighted by Gasteiger charge is 2.11.